The molecule has 1 saturated carbocycles. The Balaban J connectivity index is 1.94. The second-order valence-electron chi connectivity index (χ2n) is 6.76. The smallest absolute Gasteiger partial charge is 0.145 e. The van der Waals surface area contributed by atoms with Crippen molar-refractivity contribution in [3.05, 3.63) is 30.1 Å². The number of hydrogen-bond acceptors (Lipinski definition) is 3. The fraction of sp³-hybridized carbons (Fsp3) is 0.471. The summed E-state index contributed by atoms with van der Waals surface area (Å²) in [5.41, 5.74) is 1.70. The van der Waals surface area contributed by atoms with E-state index in [1.54, 1.807) is 0 Å². The maximum atomic E-state index is 12.3. The Labute approximate surface area is 124 Å². The number of carbonyl (C=O) groups excluding carboxylic acids is 2. The van der Waals surface area contributed by atoms with E-state index in [4.69, 9.17) is 0 Å². The molecule has 1 aliphatic rings. The molecule has 0 unspecified atom stereocenters. The normalized spacial score (nSPS) is 19.4. The average Bonchev–Trinajstić information content (AvgIpc) is 2.68. The van der Waals surface area contributed by atoms with Gasteiger partial charge in [0.1, 0.15) is 17.4 Å². The van der Waals surface area contributed by atoms with E-state index in [-0.39, 0.29) is 17.0 Å². The van der Waals surface area contributed by atoms with E-state index in [1.165, 1.54) is 0 Å². The molecule has 2 aromatic rings. The highest BCUT2D eigenvalue weighted by Gasteiger charge is 2.39. The number of aryl methyl sites for hydroxylation is 1. The van der Waals surface area contributed by atoms with E-state index in [2.05, 4.69) is 4.98 Å². The van der Waals surface area contributed by atoms with Gasteiger partial charge in [-0.1, -0.05) is 26.0 Å². The summed E-state index contributed by atoms with van der Waals surface area (Å²) in [6, 6.07) is 7.83. The van der Waals surface area contributed by atoms with Gasteiger partial charge in [-0.05, 0) is 24.5 Å². The van der Waals surface area contributed by atoms with Crippen LogP contribution in [0.5, 0.6) is 0 Å². The number of fused-ring (bicyclic) bond motifs is 1. The lowest BCUT2D eigenvalue weighted by Gasteiger charge is -2.32. The van der Waals surface area contributed by atoms with Gasteiger partial charge in [0.2, 0.25) is 0 Å². The minimum atomic E-state index is -0.519. The van der Waals surface area contributed by atoms with E-state index < -0.39 is 5.92 Å². The van der Waals surface area contributed by atoms with Crippen LogP contribution >= 0.6 is 0 Å². The minimum Gasteiger partial charge on any atom is -0.327 e. The number of Topliss-reactive ketones (excluding diaryl/α,β-unsaturated/α-hetero) is 2. The summed E-state index contributed by atoms with van der Waals surface area (Å²) in [4.78, 5) is 29.2. The Kier molecular flexibility index (Phi) is 3.19. The molecule has 0 spiro atoms. The number of carbonyl (C=O) groups is 2. The average molecular weight is 284 g/mol. The molecule has 1 heterocycles. The summed E-state index contributed by atoms with van der Waals surface area (Å²) in [5, 5.41) is 0. The van der Waals surface area contributed by atoms with Gasteiger partial charge in [-0.25, -0.2) is 4.98 Å². The van der Waals surface area contributed by atoms with Gasteiger partial charge in [-0.2, -0.15) is 0 Å². The first-order chi connectivity index (χ1) is 9.87. The van der Waals surface area contributed by atoms with Crippen LogP contribution in [0.3, 0.4) is 0 Å². The highest BCUT2D eigenvalue weighted by Crippen LogP contribution is 2.34. The van der Waals surface area contributed by atoms with Crippen molar-refractivity contribution in [1.82, 2.24) is 9.55 Å². The van der Waals surface area contributed by atoms with Crippen LogP contribution in [0.25, 0.3) is 11.0 Å². The molecule has 110 valence electrons. The predicted molar refractivity (Wildman–Crippen MR) is 81.0 cm³/mol. The Morgan fingerprint density at radius 2 is 1.81 bits per heavy atom. The van der Waals surface area contributed by atoms with Gasteiger partial charge in [-0.15, -0.1) is 0 Å². The molecule has 0 aliphatic heterocycles. The molecule has 21 heavy (non-hydrogen) atoms. The number of rotatable bonds is 2. The van der Waals surface area contributed by atoms with Crippen LogP contribution in [0.1, 0.15) is 32.5 Å². The molecule has 1 aliphatic carbocycles. The molecule has 4 nitrogen and oxygen atoms in total. The third kappa shape index (κ3) is 2.50. The molecule has 1 aromatic heterocycles. The molecule has 0 N–H and O–H groups in total. The lowest BCUT2D eigenvalue weighted by Crippen LogP contribution is -2.39. The van der Waals surface area contributed by atoms with Crippen molar-refractivity contribution in [3.63, 3.8) is 0 Å². The Morgan fingerprint density at radius 3 is 2.48 bits per heavy atom. The summed E-state index contributed by atoms with van der Waals surface area (Å²) >= 11 is 0. The van der Waals surface area contributed by atoms with Crippen LogP contribution < -0.4 is 0 Å². The molecule has 0 saturated heterocycles. The summed E-state index contributed by atoms with van der Waals surface area (Å²) < 4.78 is 1.99. The van der Waals surface area contributed by atoms with Crippen molar-refractivity contribution in [2.24, 2.45) is 11.3 Å². The first-order valence-electron chi connectivity index (χ1n) is 7.35. The zero-order chi connectivity index (χ0) is 15.2. The molecule has 3 rings (SSSR count). The Bertz CT molecular complexity index is 707. The molecule has 1 aromatic carbocycles. The van der Waals surface area contributed by atoms with E-state index in [0.29, 0.717) is 19.4 Å². The van der Waals surface area contributed by atoms with E-state index >= 15 is 0 Å². The number of ketones is 2. The number of imidazole rings is 1. The minimum absolute atomic E-state index is 0.0634. The molecular weight excluding hydrogens is 264 g/mol. The van der Waals surface area contributed by atoms with Crippen LogP contribution in [-0.4, -0.2) is 21.1 Å². The molecule has 0 bridgehead atoms. The Hall–Kier alpha value is -1.97. The maximum Gasteiger partial charge on any atom is 0.145 e. The number of para-hydroxylation sites is 2. The molecule has 0 radical (unpaired) electrons. The van der Waals surface area contributed by atoms with Crippen molar-refractivity contribution in [2.45, 2.75) is 40.2 Å². The number of hydrogen-bond donors (Lipinski definition) is 0. The van der Waals surface area contributed by atoms with Crippen LogP contribution in [0.4, 0.5) is 0 Å². The second-order valence-corrected chi connectivity index (χ2v) is 6.76. The Morgan fingerprint density at radius 1 is 1.19 bits per heavy atom. The van der Waals surface area contributed by atoms with Crippen LogP contribution in [0.15, 0.2) is 24.3 Å². The number of benzene rings is 1. The topological polar surface area (TPSA) is 52.0 Å². The van der Waals surface area contributed by atoms with Crippen molar-refractivity contribution >= 4 is 22.6 Å². The largest absolute Gasteiger partial charge is 0.327 e. The fourth-order valence-corrected chi connectivity index (χ4v) is 3.24. The van der Waals surface area contributed by atoms with Crippen LogP contribution in [-0.2, 0) is 16.1 Å². The zero-order valence-electron chi connectivity index (χ0n) is 12.7. The lowest BCUT2D eigenvalue weighted by molar-refractivity contribution is -0.140. The van der Waals surface area contributed by atoms with E-state index in [9.17, 15) is 9.59 Å². The standard InChI is InChI=1S/C17H20N2O2/c1-11-18-13-6-4-5-7-14(13)19(11)10-12-15(20)8-17(2,3)9-16(12)21/h4-7,12H,8-10H2,1-3H3. The third-order valence-corrected chi connectivity index (χ3v) is 4.29. The van der Waals surface area contributed by atoms with Gasteiger partial charge in [0, 0.05) is 19.4 Å². The highest BCUT2D eigenvalue weighted by molar-refractivity contribution is 6.05. The SMILES string of the molecule is Cc1nc2ccccc2n1CC1C(=O)CC(C)(C)CC1=O. The summed E-state index contributed by atoms with van der Waals surface area (Å²) in [7, 11) is 0. The van der Waals surface area contributed by atoms with Crippen molar-refractivity contribution in [3.8, 4) is 0 Å². The highest BCUT2D eigenvalue weighted by atomic mass is 16.2. The van der Waals surface area contributed by atoms with Crippen molar-refractivity contribution in [2.75, 3.05) is 0 Å². The predicted octanol–water partition coefficient (Wildman–Crippen LogP) is 2.92. The zero-order valence-corrected chi connectivity index (χ0v) is 12.7. The van der Waals surface area contributed by atoms with Crippen molar-refractivity contribution < 1.29 is 9.59 Å². The van der Waals surface area contributed by atoms with Gasteiger partial charge in [-0.3, -0.25) is 9.59 Å². The van der Waals surface area contributed by atoms with Gasteiger partial charge in [0.15, 0.2) is 0 Å². The first-order valence-corrected chi connectivity index (χ1v) is 7.35. The molecule has 0 amide bonds. The molecular formula is C17H20N2O2. The van der Waals surface area contributed by atoms with E-state index in [1.807, 2.05) is 49.6 Å². The lowest BCUT2D eigenvalue weighted by atomic mass is 9.71. The first kappa shape index (κ1) is 14.0. The molecule has 1 fully saturated rings. The maximum absolute atomic E-state index is 12.3. The fourth-order valence-electron chi connectivity index (χ4n) is 3.24. The molecule has 0 atom stereocenters. The van der Waals surface area contributed by atoms with Crippen LogP contribution in [0.2, 0.25) is 0 Å². The third-order valence-electron chi connectivity index (χ3n) is 4.29. The second kappa shape index (κ2) is 4.79. The monoisotopic (exact) mass is 284 g/mol. The molecule has 4 heteroatoms. The van der Waals surface area contributed by atoms with E-state index in [0.717, 1.165) is 16.9 Å². The van der Waals surface area contributed by atoms with Gasteiger partial charge < -0.3 is 4.57 Å². The quantitative estimate of drug-likeness (QED) is 0.797. The van der Waals surface area contributed by atoms with Gasteiger partial charge in [0.05, 0.1) is 17.0 Å². The van der Waals surface area contributed by atoms with Crippen molar-refractivity contribution in [1.29, 1.82) is 0 Å². The van der Waals surface area contributed by atoms with Crippen LogP contribution in [0, 0.1) is 18.3 Å². The summed E-state index contributed by atoms with van der Waals surface area (Å²) in [6.07, 6.45) is 0.962. The summed E-state index contributed by atoms with van der Waals surface area (Å²) in [6.45, 7) is 6.30. The number of aromatic nitrogens is 2. The van der Waals surface area contributed by atoms with Gasteiger partial charge >= 0.3 is 0 Å². The van der Waals surface area contributed by atoms with Gasteiger partial charge in [0.25, 0.3) is 0 Å². The summed E-state index contributed by atoms with van der Waals surface area (Å²) in [5.74, 6) is 0.456. The number of nitrogens with zero attached hydrogens (tertiary/aromatic N) is 2.